The van der Waals surface area contributed by atoms with Crippen molar-refractivity contribution >= 4 is 35.0 Å². The molecule has 1 aliphatic carbocycles. The number of hydrogen-bond donors (Lipinski definition) is 1. The Morgan fingerprint density at radius 1 is 1.12 bits per heavy atom. The number of aryl methyl sites for hydroxylation is 1. The number of hydrogen-bond acceptors (Lipinski definition) is 3. The monoisotopic (exact) mass is 476 g/mol. The van der Waals surface area contributed by atoms with E-state index in [0.29, 0.717) is 22.3 Å². The molecule has 1 aliphatic rings. The van der Waals surface area contributed by atoms with E-state index >= 15 is 0 Å². The molecule has 32 heavy (non-hydrogen) atoms. The summed E-state index contributed by atoms with van der Waals surface area (Å²) in [5, 5.41) is 3.96. The van der Waals surface area contributed by atoms with Crippen LogP contribution in [0.15, 0.2) is 42.5 Å². The third-order valence-corrected chi connectivity index (χ3v) is 6.50. The SMILES string of the molecule is Cc1ccccc1CN(C(=O)COc1ccc(Cl)cc1Cl)[C@H](C)C(=O)NC1CCCCC1. The fourth-order valence-electron chi connectivity index (χ4n) is 3.94. The lowest BCUT2D eigenvalue weighted by Gasteiger charge is -2.31. The normalized spacial score (nSPS) is 15.1. The summed E-state index contributed by atoms with van der Waals surface area (Å²) < 4.78 is 5.67. The topological polar surface area (TPSA) is 58.6 Å². The Kier molecular flexibility index (Phi) is 8.83. The molecule has 0 aromatic heterocycles. The minimum Gasteiger partial charge on any atom is -0.482 e. The van der Waals surface area contributed by atoms with Crippen LogP contribution in [0.1, 0.15) is 50.2 Å². The van der Waals surface area contributed by atoms with Crippen molar-refractivity contribution in [2.75, 3.05) is 6.61 Å². The molecule has 0 unspecified atom stereocenters. The number of ether oxygens (including phenoxy) is 1. The van der Waals surface area contributed by atoms with Gasteiger partial charge < -0.3 is 15.0 Å². The summed E-state index contributed by atoms with van der Waals surface area (Å²) in [6.45, 7) is 3.86. The third-order valence-electron chi connectivity index (χ3n) is 5.97. The van der Waals surface area contributed by atoms with E-state index in [1.165, 1.54) is 6.42 Å². The highest BCUT2D eigenvalue weighted by Gasteiger charge is 2.28. The van der Waals surface area contributed by atoms with Crippen LogP contribution in [0.4, 0.5) is 0 Å². The minimum absolute atomic E-state index is 0.136. The quantitative estimate of drug-likeness (QED) is 0.543. The molecule has 3 rings (SSSR count). The number of rotatable bonds is 8. The van der Waals surface area contributed by atoms with Gasteiger partial charge in [-0.1, -0.05) is 66.7 Å². The summed E-state index contributed by atoms with van der Waals surface area (Å²) in [6, 6.07) is 12.2. The van der Waals surface area contributed by atoms with Crippen LogP contribution in [0.2, 0.25) is 10.0 Å². The van der Waals surface area contributed by atoms with E-state index in [-0.39, 0.29) is 24.5 Å². The van der Waals surface area contributed by atoms with Gasteiger partial charge in [0, 0.05) is 17.6 Å². The van der Waals surface area contributed by atoms with Crippen LogP contribution in [0, 0.1) is 6.92 Å². The smallest absolute Gasteiger partial charge is 0.261 e. The molecule has 2 aromatic rings. The molecule has 2 amide bonds. The van der Waals surface area contributed by atoms with Crippen molar-refractivity contribution < 1.29 is 14.3 Å². The Morgan fingerprint density at radius 2 is 1.84 bits per heavy atom. The van der Waals surface area contributed by atoms with E-state index in [9.17, 15) is 9.59 Å². The van der Waals surface area contributed by atoms with Crippen molar-refractivity contribution in [3.05, 3.63) is 63.6 Å². The molecule has 1 N–H and O–H groups in total. The number of nitrogens with one attached hydrogen (secondary N) is 1. The predicted octanol–water partition coefficient (Wildman–Crippen LogP) is 5.55. The van der Waals surface area contributed by atoms with Gasteiger partial charge in [0.1, 0.15) is 11.8 Å². The fourth-order valence-corrected chi connectivity index (χ4v) is 4.40. The van der Waals surface area contributed by atoms with Gasteiger partial charge in [-0.2, -0.15) is 0 Å². The zero-order valence-corrected chi connectivity index (χ0v) is 20.1. The maximum absolute atomic E-state index is 13.2. The molecule has 7 heteroatoms. The third kappa shape index (κ3) is 6.63. The van der Waals surface area contributed by atoms with E-state index < -0.39 is 6.04 Å². The number of carbonyl (C=O) groups is 2. The first-order valence-corrected chi connectivity index (χ1v) is 11.8. The van der Waals surface area contributed by atoms with Crippen molar-refractivity contribution in [3.8, 4) is 5.75 Å². The Balaban J connectivity index is 1.73. The zero-order chi connectivity index (χ0) is 23.1. The summed E-state index contributed by atoms with van der Waals surface area (Å²) in [7, 11) is 0. The predicted molar refractivity (Wildman–Crippen MR) is 128 cm³/mol. The van der Waals surface area contributed by atoms with Crippen molar-refractivity contribution in [1.29, 1.82) is 0 Å². The molecule has 0 bridgehead atoms. The van der Waals surface area contributed by atoms with Gasteiger partial charge in [-0.05, 0) is 56.0 Å². The van der Waals surface area contributed by atoms with Gasteiger partial charge in [0.15, 0.2) is 6.61 Å². The van der Waals surface area contributed by atoms with Gasteiger partial charge in [-0.3, -0.25) is 9.59 Å². The molecule has 0 saturated heterocycles. The molecule has 2 aromatic carbocycles. The van der Waals surface area contributed by atoms with Crippen LogP contribution in [0.3, 0.4) is 0 Å². The number of halogens is 2. The lowest BCUT2D eigenvalue weighted by molar-refractivity contribution is -0.142. The Bertz CT molecular complexity index is 945. The van der Waals surface area contributed by atoms with Crippen LogP contribution in [-0.4, -0.2) is 35.4 Å². The van der Waals surface area contributed by atoms with E-state index in [0.717, 1.165) is 36.8 Å². The first-order valence-electron chi connectivity index (χ1n) is 11.1. The zero-order valence-electron chi connectivity index (χ0n) is 18.6. The van der Waals surface area contributed by atoms with Gasteiger partial charge >= 0.3 is 0 Å². The number of amides is 2. The van der Waals surface area contributed by atoms with Crippen LogP contribution in [0.5, 0.6) is 5.75 Å². The molecule has 1 fully saturated rings. The van der Waals surface area contributed by atoms with E-state index in [2.05, 4.69) is 5.32 Å². The molecule has 0 heterocycles. The van der Waals surface area contributed by atoms with Crippen LogP contribution >= 0.6 is 23.2 Å². The molecule has 0 aliphatic heterocycles. The summed E-state index contributed by atoms with van der Waals surface area (Å²) in [6.07, 6.45) is 5.44. The minimum atomic E-state index is -0.631. The summed E-state index contributed by atoms with van der Waals surface area (Å²) >= 11 is 12.1. The second-order valence-electron chi connectivity index (χ2n) is 8.33. The van der Waals surface area contributed by atoms with Gasteiger partial charge in [0.05, 0.1) is 5.02 Å². The molecule has 5 nitrogen and oxygen atoms in total. The first kappa shape index (κ1) is 24.4. The van der Waals surface area contributed by atoms with Crippen molar-refractivity contribution in [2.24, 2.45) is 0 Å². The van der Waals surface area contributed by atoms with Crippen LogP contribution in [-0.2, 0) is 16.1 Å². The first-order chi connectivity index (χ1) is 15.3. The van der Waals surface area contributed by atoms with Crippen molar-refractivity contribution in [2.45, 2.75) is 64.6 Å². The molecule has 172 valence electrons. The largest absolute Gasteiger partial charge is 0.482 e. The molecule has 1 atom stereocenters. The Labute approximate surface area is 200 Å². The number of benzene rings is 2. The summed E-state index contributed by atoms with van der Waals surface area (Å²) in [5.41, 5.74) is 2.05. The maximum Gasteiger partial charge on any atom is 0.261 e. The van der Waals surface area contributed by atoms with Gasteiger partial charge in [-0.15, -0.1) is 0 Å². The highest BCUT2D eigenvalue weighted by Crippen LogP contribution is 2.27. The fraction of sp³-hybridized carbons (Fsp3) is 0.440. The molecular weight excluding hydrogens is 447 g/mol. The van der Waals surface area contributed by atoms with Gasteiger partial charge in [0.25, 0.3) is 5.91 Å². The molecular formula is C25H30Cl2N2O3. The lowest BCUT2D eigenvalue weighted by Crippen LogP contribution is -2.51. The van der Waals surface area contributed by atoms with E-state index in [4.69, 9.17) is 27.9 Å². The Morgan fingerprint density at radius 3 is 2.53 bits per heavy atom. The highest BCUT2D eigenvalue weighted by molar-refractivity contribution is 6.35. The van der Waals surface area contributed by atoms with Crippen molar-refractivity contribution in [1.82, 2.24) is 10.2 Å². The van der Waals surface area contributed by atoms with Gasteiger partial charge in [-0.25, -0.2) is 0 Å². The average Bonchev–Trinajstić information content (AvgIpc) is 2.78. The Hall–Kier alpha value is -2.24. The molecule has 0 radical (unpaired) electrons. The van der Waals surface area contributed by atoms with Gasteiger partial charge in [0.2, 0.25) is 5.91 Å². The summed E-state index contributed by atoms with van der Waals surface area (Å²) in [5.74, 6) is -0.0477. The standard InChI is InChI=1S/C25H30Cl2N2O3/c1-17-8-6-7-9-19(17)15-29(18(2)25(31)28-21-10-4-3-5-11-21)24(30)16-32-23-13-12-20(26)14-22(23)27/h6-9,12-14,18,21H,3-5,10-11,15-16H2,1-2H3,(H,28,31)/t18-/m1/s1. The number of carbonyl (C=O) groups excluding carboxylic acids is 2. The summed E-state index contributed by atoms with van der Waals surface area (Å²) in [4.78, 5) is 27.8. The van der Waals surface area contributed by atoms with E-state index in [1.54, 1.807) is 30.0 Å². The number of nitrogens with zero attached hydrogens (tertiary/aromatic N) is 1. The maximum atomic E-state index is 13.2. The van der Waals surface area contributed by atoms with Crippen LogP contribution in [0.25, 0.3) is 0 Å². The highest BCUT2D eigenvalue weighted by atomic mass is 35.5. The van der Waals surface area contributed by atoms with Crippen molar-refractivity contribution in [3.63, 3.8) is 0 Å². The molecule has 1 saturated carbocycles. The second-order valence-corrected chi connectivity index (χ2v) is 9.17. The molecule has 0 spiro atoms. The van der Waals surface area contributed by atoms with Crippen LogP contribution < -0.4 is 10.1 Å². The van der Waals surface area contributed by atoms with E-state index in [1.807, 2.05) is 31.2 Å². The lowest BCUT2D eigenvalue weighted by atomic mass is 9.95. The second kappa shape index (κ2) is 11.6. The average molecular weight is 477 g/mol.